The molecule has 1 unspecified atom stereocenters. The van der Waals surface area contributed by atoms with Crippen molar-refractivity contribution in [2.24, 2.45) is 0 Å². The number of aliphatic hydroxyl groups is 1. The Morgan fingerprint density at radius 3 is 3.20 bits per heavy atom. The van der Waals surface area contributed by atoms with E-state index in [9.17, 15) is 5.11 Å². The minimum absolute atomic E-state index is 0.155. The fraction of sp³-hybridized carbons (Fsp3) is 0.625. The Labute approximate surface area is 120 Å². The molecule has 1 saturated heterocycles. The van der Waals surface area contributed by atoms with Gasteiger partial charge in [-0.15, -0.1) is 0 Å². The van der Waals surface area contributed by atoms with Gasteiger partial charge in [-0.2, -0.15) is 0 Å². The van der Waals surface area contributed by atoms with Gasteiger partial charge in [-0.3, -0.25) is 4.90 Å². The van der Waals surface area contributed by atoms with E-state index in [2.05, 4.69) is 17.9 Å². The molecule has 20 heavy (non-hydrogen) atoms. The summed E-state index contributed by atoms with van der Waals surface area (Å²) in [4.78, 5) is 2.39. The highest BCUT2D eigenvalue weighted by atomic mass is 16.5. The fourth-order valence-electron chi connectivity index (χ4n) is 3.02. The zero-order valence-electron chi connectivity index (χ0n) is 12.0. The molecule has 1 heterocycles. The first-order valence-electron chi connectivity index (χ1n) is 7.54. The van der Waals surface area contributed by atoms with Crippen LogP contribution in [0.3, 0.4) is 0 Å². The maximum atomic E-state index is 9.80. The summed E-state index contributed by atoms with van der Waals surface area (Å²) in [5.41, 5.74) is 2.28. The Morgan fingerprint density at radius 2 is 2.35 bits per heavy atom. The maximum absolute atomic E-state index is 9.80. The van der Waals surface area contributed by atoms with Gasteiger partial charge in [0, 0.05) is 13.1 Å². The predicted molar refractivity (Wildman–Crippen MR) is 77.1 cm³/mol. The van der Waals surface area contributed by atoms with E-state index in [1.165, 1.54) is 5.56 Å². The normalized spacial score (nSPS) is 26.5. The summed E-state index contributed by atoms with van der Waals surface area (Å²) in [5.74, 6) is 0.884. The summed E-state index contributed by atoms with van der Waals surface area (Å²) in [6, 6.07) is 6.00. The lowest BCUT2D eigenvalue weighted by Crippen LogP contribution is -2.44. The van der Waals surface area contributed by atoms with Crippen molar-refractivity contribution in [1.29, 1.82) is 0 Å². The van der Waals surface area contributed by atoms with Gasteiger partial charge in [0.25, 0.3) is 0 Å². The van der Waals surface area contributed by atoms with Gasteiger partial charge in [0.2, 0.25) is 0 Å². The molecule has 2 atom stereocenters. The number of rotatable bonds is 4. The number of likely N-dealkylation sites (N-methyl/N-ethyl adjacent to an activating group) is 1. The van der Waals surface area contributed by atoms with E-state index in [4.69, 9.17) is 9.47 Å². The SMILES string of the molecule is CCN1CCOC(COc2ccc3c(c2)CC[C@@H]3O)C1. The van der Waals surface area contributed by atoms with Gasteiger partial charge in [0.1, 0.15) is 18.5 Å². The number of nitrogens with zero attached hydrogens (tertiary/aromatic N) is 1. The molecule has 0 saturated carbocycles. The number of morpholine rings is 1. The first-order chi connectivity index (χ1) is 9.76. The van der Waals surface area contributed by atoms with Crippen LogP contribution in [-0.2, 0) is 11.2 Å². The highest BCUT2D eigenvalue weighted by molar-refractivity contribution is 5.39. The number of hydrogen-bond acceptors (Lipinski definition) is 4. The number of ether oxygens (including phenoxy) is 2. The van der Waals surface area contributed by atoms with Crippen LogP contribution in [0.4, 0.5) is 0 Å². The Bertz CT molecular complexity index is 463. The minimum Gasteiger partial charge on any atom is -0.491 e. The number of benzene rings is 1. The van der Waals surface area contributed by atoms with E-state index in [0.717, 1.165) is 50.4 Å². The van der Waals surface area contributed by atoms with Crippen molar-refractivity contribution in [1.82, 2.24) is 4.90 Å². The largest absolute Gasteiger partial charge is 0.491 e. The third-order valence-electron chi connectivity index (χ3n) is 4.27. The standard InChI is InChI=1S/C16H23NO3/c1-2-17-7-8-19-14(10-17)11-20-13-4-5-15-12(9-13)3-6-16(15)18/h4-5,9,14,16,18H,2-3,6-8,10-11H2,1H3/t14?,16-/m0/s1. The second kappa shape index (κ2) is 6.12. The molecule has 110 valence electrons. The van der Waals surface area contributed by atoms with Crippen LogP contribution in [0, 0.1) is 0 Å². The second-order valence-electron chi connectivity index (χ2n) is 5.61. The van der Waals surface area contributed by atoms with Gasteiger partial charge < -0.3 is 14.6 Å². The van der Waals surface area contributed by atoms with Gasteiger partial charge in [0.05, 0.1) is 12.7 Å². The molecule has 0 spiro atoms. The molecule has 1 fully saturated rings. The van der Waals surface area contributed by atoms with Crippen molar-refractivity contribution in [2.75, 3.05) is 32.8 Å². The van der Waals surface area contributed by atoms with Crippen molar-refractivity contribution in [3.05, 3.63) is 29.3 Å². The van der Waals surface area contributed by atoms with Crippen molar-refractivity contribution in [2.45, 2.75) is 32.0 Å². The number of aliphatic hydroxyl groups excluding tert-OH is 1. The molecule has 1 aliphatic heterocycles. The van der Waals surface area contributed by atoms with Gasteiger partial charge in [-0.05, 0) is 42.6 Å². The number of hydrogen-bond donors (Lipinski definition) is 1. The fourth-order valence-corrected chi connectivity index (χ4v) is 3.02. The first kappa shape index (κ1) is 13.9. The summed E-state index contributed by atoms with van der Waals surface area (Å²) < 4.78 is 11.6. The summed E-state index contributed by atoms with van der Waals surface area (Å²) in [7, 11) is 0. The lowest BCUT2D eigenvalue weighted by atomic mass is 10.1. The lowest BCUT2D eigenvalue weighted by molar-refractivity contribution is -0.0464. The van der Waals surface area contributed by atoms with E-state index < -0.39 is 0 Å². The molecule has 0 amide bonds. The molecule has 0 bridgehead atoms. The third kappa shape index (κ3) is 2.97. The molecule has 0 radical (unpaired) electrons. The Balaban J connectivity index is 1.56. The number of aryl methyl sites for hydroxylation is 1. The summed E-state index contributed by atoms with van der Waals surface area (Å²) in [6.45, 7) is 6.59. The average Bonchev–Trinajstić information content (AvgIpc) is 2.86. The molecular weight excluding hydrogens is 254 g/mol. The highest BCUT2D eigenvalue weighted by Gasteiger charge is 2.22. The molecule has 4 nitrogen and oxygen atoms in total. The quantitative estimate of drug-likeness (QED) is 0.910. The van der Waals surface area contributed by atoms with Crippen LogP contribution in [0.5, 0.6) is 5.75 Å². The lowest BCUT2D eigenvalue weighted by Gasteiger charge is -2.31. The zero-order valence-corrected chi connectivity index (χ0v) is 12.0. The highest BCUT2D eigenvalue weighted by Crippen LogP contribution is 2.33. The molecular formula is C16H23NO3. The van der Waals surface area contributed by atoms with Crippen molar-refractivity contribution in [3.63, 3.8) is 0 Å². The average molecular weight is 277 g/mol. The monoisotopic (exact) mass is 277 g/mol. The van der Waals surface area contributed by atoms with E-state index in [1.807, 2.05) is 12.1 Å². The molecule has 4 heteroatoms. The molecule has 1 aromatic carbocycles. The third-order valence-corrected chi connectivity index (χ3v) is 4.27. The second-order valence-corrected chi connectivity index (χ2v) is 5.61. The minimum atomic E-state index is -0.293. The topological polar surface area (TPSA) is 41.9 Å². The number of fused-ring (bicyclic) bond motifs is 1. The van der Waals surface area contributed by atoms with Gasteiger partial charge in [-0.25, -0.2) is 0 Å². The summed E-state index contributed by atoms with van der Waals surface area (Å²) >= 11 is 0. The van der Waals surface area contributed by atoms with E-state index in [0.29, 0.717) is 6.61 Å². The van der Waals surface area contributed by atoms with Crippen LogP contribution in [0.25, 0.3) is 0 Å². The van der Waals surface area contributed by atoms with Crippen LogP contribution >= 0.6 is 0 Å². The smallest absolute Gasteiger partial charge is 0.119 e. The molecule has 1 N–H and O–H groups in total. The predicted octanol–water partition coefficient (Wildman–Crippen LogP) is 1.77. The van der Waals surface area contributed by atoms with Crippen LogP contribution < -0.4 is 4.74 Å². The van der Waals surface area contributed by atoms with Gasteiger partial charge in [0.15, 0.2) is 0 Å². The van der Waals surface area contributed by atoms with Crippen LogP contribution in [0.2, 0.25) is 0 Å². The van der Waals surface area contributed by atoms with Crippen LogP contribution in [0.1, 0.15) is 30.6 Å². The van der Waals surface area contributed by atoms with Crippen molar-refractivity contribution < 1.29 is 14.6 Å². The van der Waals surface area contributed by atoms with E-state index in [1.54, 1.807) is 0 Å². The van der Waals surface area contributed by atoms with E-state index in [-0.39, 0.29) is 12.2 Å². The molecule has 1 aliphatic carbocycles. The van der Waals surface area contributed by atoms with Crippen LogP contribution in [-0.4, -0.2) is 49.0 Å². The Hall–Kier alpha value is -1.10. The Morgan fingerprint density at radius 1 is 1.45 bits per heavy atom. The Kier molecular flexibility index (Phi) is 4.24. The summed E-state index contributed by atoms with van der Waals surface area (Å²) in [5, 5.41) is 9.80. The van der Waals surface area contributed by atoms with Crippen molar-refractivity contribution in [3.8, 4) is 5.75 Å². The van der Waals surface area contributed by atoms with Crippen LogP contribution in [0.15, 0.2) is 18.2 Å². The van der Waals surface area contributed by atoms with Gasteiger partial charge in [-0.1, -0.05) is 13.0 Å². The molecule has 1 aromatic rings. The molecule has 0 aromatic heterocycles. The zero-order chi connectivity index (χ0) is 13.9. The van der Waals surface area contributed by atoms with Crippen molar-refractivity contribution >= 4 is 0 Å². The molecule has 3 rings (SSSR count). The first-order valence-corrected chi connectivity index (χ1v) is 7.54. The maximum Gasteiger partial charge on any atom is 0.119 e. The van der Waals surface area contributed by atoms with Gasteiger partial charge >= 0.3 is 0 Å². The summed E-state index contributed by atoms with van der Waals surface area (Å²) in [6.07, 6.45) is 1.63. The van der Waals surface area contributed by atoms with E-state index >= 15 is 0 Å². The molecule has 2 aliphatic rings.